The predicted octanol–water partition coefficient (Wildman–Crippen LogP) is 3.18. The van der Waals surface area contributed by atoms with Crippen molar-refractivity contribution in [3.63, 3.8) is 0 Å². The van der Waals surface area contributed by atoms with Crippen LogP contribution in [0.2, 0.25) is 0 Å². The van der Waals surface area contributed by atoms with Crippen LogP contribution in [0.15, 0.2) is 11.6 Å². The van der Waals surface area contributed by atoms with Gasteiger partial charge in [-0.25, -0.2) is 0 Å². The summed E-state index contributed by atoms with van der Waals surface area (Å²) in [6.07, 6.45) is 2.19. The van der Waals surface area contributed by atoms with Crippen LogP contribution < -0.4 is 0 Å². The van der Waals surface area contributed by atoms with Gasteiger partial charge >= 0.3 is 5.97 Å². The van der Waals surface area contributed by atoms with Gasteiger partial charge < -0.3 is 4.74 Å². The van der Waals surface area contributed by atoms with Gasteiger partial charge in [0.15, 0.2) is 0 Å². The molecule has 0 aromatic rings. The average Bonchev–Trinajstić information content (AvgIpc) is 2.27. The van der Waals surface area contributed by atoms with Gasteiger partial charge in [0, 0.05) is 5.92 Å². The number of esters is 1. The molecule has 0 aromatic heterocycles. The van der Waals surface area contributed by atoms with E-state index in [4.69, 9.17) is 4.74 Å². The molecule has 0 radical (unpaired) electrons. The van der Waals surface area contributed by atoms with E-state index in [0.717, 1.165) is 0 Å². The summed E-state index contributed by atoms with van der Waals surface area (Å²) in [5.74, 6) is 0.214. The Morgan fingerprint density at radius 3 is 2.33 bits per heavy atom. The third kappa shape index (κ3) is 2.42. The van der Waals surface area contributed by atoms with E-state index in [2.05, 4.69) is 26.8 Å². The molecule has 0 saturated heterocycles. The summed E-state index contributed by atoms with van der Waals surface area (Å²) in [5.41, 5.74) is 1.31. The van der Waals surface area contributed by atoms with E-state index in [0.29, 0.717) is 5.92 Å². The van der Waals surface area contributed by atoms with Crippen LogP contribution in [-0.4, -0.2) is 12.1 Å². The second-order valence-corrected chi connectivity index (χ2v) is 5.51. The molecule has 2 atom stereocenters. The quantitative estimate of drug-likeness (QED) is 0.517. The van der Waals surface area contributed by atoms with Gasteiger partial charge in [-0.1, -0.05) is 40.7 Å². The van der Waals surface area contributed by atoms with Gasteiger partial charge in [-0.05, 0) is 17.9 Å². The van der Waals surface area contributed by atoms with Gasteiger partial charge in [0.05, 0.1) is 5.92 Å². The minimum atomic E-state index is -0.0997. The van der Waals surface area contributed by atoms with Gasteiger partial charge in [0.1, 0.15) is 6.10 Å². The molecule has 0 heterocycles. The lowest BCUT2D eigenvalue weighted by atomic mass is 9.82. The molecule has 0 amide bonds. The molecule has 0 saturated carbocycles. The number of ether oxygens (including phenoxy) is 1. The summed E-state index contributed by atoms with van der Waals surface area (Å²) >= 11 is 0. The Morgan fingerprint density at radius 2 is 2.00 bits per heavy atom. The molecular formula is C13H22O2. The molecule has 0 spiro atoms. The molecule has 1 aliphatic rings. The first kappa shape index (κ1) is 12.3. The van der Waals surface area contributed by atoms with Crippen molar-refractivity contribution >= 4 is 5.97 Å². The summed E-state index contributed by atoms with van der Waals surface area (Å²) in [6.45, 7) is 12.3. The number of carbonyl (C=O) groups excluding carboxylic acids is 1. The highest BCUT2D eigenvalue weighted by molar-refractivity contribution is 5.72. The SMILES string of the molecule is CC1=CC(C)(C)[C@H](C)[C@@H]1OC(=O)C(C)C. The Kier molecular flexibility index (Phi) is 3.27. The lowest BCUT2D eigenvalue weighted by Gasteiger charge is -2.27. The molecule has 1 aliphatic carbocycles. The van der Waals surface area contributed by atoms with Crippen LogP contribution in [0.1, 0.15) is 41.5 Å². The third-order valence-electron chi connectivity index (χ3n) is 3.39. The summed E-state index contributed by atoms with van der Waals surface area (Å²) in [4.78, 5) is 11.6. The summed E-state index contributed by atoms with van der Waals surface area (Å²) in [5, 5.41) is 0. The first-order valence-electron chi connectivity index (χ1n) is 5.65. The van der Waals surface area contributed by atoms with E-state index < -0.39 is 0 Å². The van der Waals surface area contributed by atoms with Crippen LogP contribution >= 0.6 is 0 Å². The van der Waals surface area contributed by atoms with Crippen LogP contribution in [-0.2, 0) is 9.53 Å². The number of hydrogen-bond donors (Lipinski definition) is 0. The summed E-state index contributed by atoms with van der Waals surface area (Å²) < 4.78 is 5.53. The highest BCUT2D eigenvalue weighted by Crippen LogP contribution is 2.42. The van der Waals surface area contributed by atoms with Crippen LogP contribution in [0, 0.1) is 17.3 Å². The molecule has 0 fully saturated rings. The molecule has 2 heteroatoms. The number of rotatable bonds is 2. The van der Waals surface area contributed by atoms with Crippen molar-refractivity contribution in [2.24, 2.45) is 17.3 Å². The molecule has 0 bridgehead atoms. The largest absolute Gasteiger partial charge is 0.457 e. The molecule has 0 unspecified atom stereocenters. The highest BCUT2D eigenvalue weighted by atomic mass is 16.5. The number of allylic oxidation sites excluding steroid dienone is 1. The first-order valence-corrected chi connectivity index (χ1v) is 5.65. The van der Waals surface area contributed by atoms with E-state index in [1.54, 1.807) is 0 Å². The minimum absolute atomic E-state index is 0.0325. The Hall–Kier alpha value is -0.790. The molecule has 0 aromatic carbocycles. The second kappa shape index (κ2) is 3.99. The normalized spacial score (nSPS) is 29.1. The maximum atomic E-state index is 11.6. The minimum Gasteiger partial charge on any atom is -0.457 e. The lowest BCUT2D eigenvalue weighted by molar-refractivity contribution is -0.153. The smallest absolute Gasteiger partial charge is 0.308 e. The van der Waals surface area contributed by atoms with Crippen LogP contribution in [0.25, 0.3) is 0 Å². The fourth-order valence-corrected chi connectivity index (χ4v) is 2.04. The van der Waals surface area contributed by atoms with Crippen LogP contribution in [0.5, 0.6) is 0 Å². The topological polar surface area (TPSA) is 26.3 Å². The van der Waals surface area contributed by atoms with Crippen LogP contribution in [0.3, 0.4) is 0 Å². The Bertz CT molecular complexity index is 287. The molecule has 15 heavy (non-hydrogen) atoms. The van der Waals surface area contributed by atoms with E-state index in [1.807, 2.05) is 20.8 Å². The van der Waals surface area contributed by atoms with Crippen molar-refractivity contribution in [3.05, 3.63) is 11.6 Å². The van der Waals surface area contributed by atoms with E-state index in [-0.39, 0.29) is 23.4 Å². The fraction of sp³-hybridized carbons (Fsp3) is 0.769. The molecule has 2 nitrogen and oxygen atoms in total. The van der Waals surface area contributed by atoms with Gasteiger partial charge in [-0.2, -0.15) is 0 Å². The standard InChI is InChI=1S/C13H22O2/c1-8(2)12(14)15-11-9(3)7-13(5,6)10(11)4/h7-8,10-11H,1-6H3/t10-,11-/m1/s1. The van der Waals surface area contributed by atoms with Crippen molar-refractivity contribution in [1.82, 2.24) is 0 Å². The first-order chi connectivity index (χ1) is 6.75. The van der Waals surface area contributed by atoms with Crippen molar-refractivity contribution in [1.29, 1.82) is 0 Å². The van der Waals surface area contributed by atoms with Crippen molar-refractivity contribution < 1.29 is 9.53 Å². The maximum absolute atomic E-state index is 11.6. The highest BCUT2D eigenvalue weighted by Gasteiger charge is 2.40. The van der Waals surface area contributed by atoms with E-state index in [9.17, 15) is 4.79 Å². The van der Waals surface area contributed by atoms with Crippen molar-refractivity contribution in [3.8, 4) is 0 Å². The zero-order valence-corrected chi connectivity index (χ0v) is 10.6. The zero-order valence-electron chi connectivity index (χ0n) is 10.6. The Balaban J connectivity index is 2.74. The van der Waals surface area contributed by atoms with Crippen molar-refractivity contribution in [2.45, 2.75) is 47.6 Å². The number of carbonyl (C=O) groups is 1. The van der Waals surface area contributed by atoms with E-state index >= 15 is 0 Å². The van der Waals surface area contributed by atoms with Gasteiger partial charge in [-0.15, -0.1) is 0 Å². The fourth-order valence-electron chi connectivity index (χ4n) is 2.04. The Labute approximate surface area is 92.7 Å². The van der Waals surface area contributed by atoms with Crippen molar-refractivity contribution in [2.75, 3.05) is 0 Å². The molecule has 0 aliphatic heterocycles. The van der Waals surface area contributed by atoms with Gasteiger partial charge in [0.25, 0.3) is 0 Å². The third-order valence-corrected chi connectivity index (χ3v) is 3.39. The zero-order chi connectivity index (χ0) is 11.8. The number of hydrogen-bond acceptors (Lipinski definition) is 2. The molecule has 86 valence electrons. The average molecular weight is 210 g/mol. The second-order valence-electron chi connectivity index (χ2n) is 5.51. The lowest BCUT2D eigenvalue weighted by Crippen LogP contribution is -2.30. The molecular weight excluding hydrogens is 188 g/mol. The Morgan fingerprint density at radius 1 is 1.47 bits per heavy atom. The van der Waals surface area contributed by atoms with Gasteiger partial charge in [-0.3, -0.25) is 4.79 Å². The monoisotopic (exact) mass is 210 g/mol. The molecule has 1 rings (SSSR count). The predicted molar refractivity (Wildman–Crippen MR) is 61.4 cm³/mol. The summed E-state index contributed by atoms with van der Waals surface area (Å²) in [7, 11) is 0. The molecule has 0 N–H and O–H groups in total. The maximum Gasteiger partial charge on any atom is 0.308 e. The van der Waals surface area contributed by atoms with Gasteiger partial charge in [0.2, 0.25) is 0 Å². The van der Waals surface area contributed by atoms with Crippen LogP contribution in [0.4, 0.5) is 0 Å². The summed E-state index contributed by atoms with van der Waals surface area (Å²) in [6, 6.07) is 0. The van der Waals surface area contributed by atoms with E-state index in [1.165, 1.54) is 5.57 Å².